The molecule has 3 aromatic rings. The molecule has 0 saturated heterocycles. The minimum atomic E-state index is -0.218. The van der Waals surface area contributed by atoms with Gasteiger partial charge in [0.15, 0.2) is 0 Å². The average Bonchev–Trinajstić information content (AvgIpc) is 2.65. The molecule has 26 heavy (non-hydrogen) atoms. The summed E-state index contributed by atoms with van der Waals surface area (Å²) in [6, 6.07) is 14.9. The van der Waals surface area contributed by atoms with Crippen molar-refractivity contribution in [3.63, 3.8) is 0 Å². The molecule has 0 radical (unpaired) electrons. The molecule has 1 aromatic heterocycles. The minimum Gasteiger partial charge on any atom is -0.369 e. The summed E-state index contributed by atoms with van der Waals surface area (Å²) in [7, 11) is 0. The summed E-state index contributed by atoms with van der Waals surface area (Å²) in [4.78, 5) is 8.81. The Hall–Kier alpha value is -2.47. The molecule has 0 aliphatic carbocycles. The van der Waals surface area contributed by atoms with Crippen molar-refractivity contribution in [2.24, 2.45) is 0 Å². The van der Waals surface area contributed by atoms with Crippen molar-refractivity contribution in [1.29, 1.82) is 0 Å². The molecule has 1 heterocycles. The van der Waals surface area contributed by atoms with Crippen LogP contribution in [0.15, 0.2) is 59.2 Å². The Kier molecular flexibility index (Phi) is 6.17. The van der Waals surface area contributed by atoms with Gasteiger partial charge in [0, 0.05) is 19.3 Å². The third-order valence-electron chi connectivity index (χ3n) is 3.93. The number of hydrogen-bond donors (Lipinski definition) is 2. The normalized spacial score (nSPS) is 10.6. The Bertz CT molecular complexity index is 851. The van der Waals surface area contributed by atoms with Crippen LogP contribution in [0.1, 0.15) is 16.7 Å². The molecule has 0 spiro atoms. The van der Waals surface area contributed by atoms with Crippen molar-refractivity contribution in [3.05, 3.63) is 81.7 Å². The second-order valence-corrected chi connectivity index (χ2v) is 6.89. The van der Waals surface area contributed by atoms with Crippen molar-refractivity contribution in [2.75, 3.05) is 17.2 Å². The van der Waals surface area contributed by atoms with Crippen molar-refractivity contribution >= 4 is 27.7 Å². The van der Waals surface area contributed by atoms with Crippen LogP contribution >= 0.6 is 15.9 Å². The van der Waals surface area contributed by atoms with E-state index < -0.39 is 0 Å². The van der Waals surface area contributed by atoms with Crippen molar-refractivity contribution in [3.8, 4) is 0 Å². The van der Waals surface area contributed by atoms with E-state index >= 15 is 0 Å². The van der Waals surface area contributed by atoms with Gasteiger partial charge in [0.25, 0.3) is 0 Å². The van der Waals surface area contributed by atoms with Crippen LogP contribution in [-0.4, -0.2) is 16.5 Å². The van der Waals surface area contributed by atoms with Crippen LogP contribution in [0, 0.1) is 12.7 Å². The zero-order valence-electron chi connectivity index (χ0n) is 14.5. The highest BCUT2D eigenvalue weighted by Gasteiger charge is 2.05. The van der Waals surface area contributed by atoms with Gasteiger partial charge >= 0.3 is 0 Å². The van der Waals surface area contributed by atoms with Crippen LogP contribution in [0.2, 0.25) is 0 Å². The second-order valence-electron chi connectivity index (χ2n) is 6.03. The smallest absolute Gasteiger partial charge is 0.224 e. The maximum atomic E-state index is 12.9. The van der Waals surface area contributed by atoms with Gasteiger partial charge in [-0.3, -0.25) is 0 Å². The number of aryl methyl sites for hydroxylation is 1. The van der Waals surface area contributed by atoms with Crippen LogP contribution < -0.4 is 10.6 Å². The summed E-state index contributed by atoms with van der Waals surface area (Å²) >= 11 is 3.47. The zero-order valence-corrected chi connectivity index (χ0v) is 16.1. The average molecular weight is 415 g/mol. The molecule has 0 saturated carbocycles. The predicted octanol–water partition coefficient (Wildman–Crippen LogP) is 4.95. The Balaban J connectivity index is 1.56. The third kappa shape index (κ3) is 5.26. The van der Waals surface area contributed by atoms with E-state index in [0.717, 1.165) is 22.3 Å². The molecule has 4 nitrogen and oxygen atoms in total. The first kappa shape index (κ1) is 18.3. The van der Waals surface area contributed by atoms with E-state index in [9.17, 15) is 4.39 Å². The van der Waals surface area contributed by atoms with Gasteiger partial charge in [-0.1, -0.05) is 42.0 Å². The van der Waals surface area contributed by atoms with E-state index in [0.29, 0.717) is 19.0 Å². The second kappa shape index (κ2) is 8.76. The number of nitrogens with zero attached hydrogens (tertiary/aromatic N) is 2. The molecule has 0 aliphatic rings. The van der Waals surface area contributed by atoms with E-state index in [1.165, 1.54) is 23.3 Å². The molecule has 0 aliphatic heterocycles. The lowest BCUT2D eigenvalue weighted by Crippen LogP contribution is -2.10. The number of hydrogen-bond acceptors (Lipinski definition) is 4. The molecule has 0 unspecified atom stereocenters. The molecule has 0 atom stereocenters. The maximum Gasteiger partial charge on any atom is 0.224 e. The third-order valence-corrected chi connectivity index (χ3v) is 4.52. The molecule has 0 bridgehead atoms. The lowest BCUT2D eigenvalue weighted by atomic mass is 10.1. The Morgan fingerprint density at radius 2 is 1.65 bits per heavy atom. The molecular formula is C20H20BrFN4. The number of benzene rings is 2. The van der Waals surface area contributed by atoms with E-state index in [1.807, 2.05) is 0 Å². The summed E-state index contributed by atoms with van der Waals surface area (Å²) in [5, 5.41) is 6.53. The Morgan fingerprint density at radius 1 is 0.962 bits per heavy atom. The quantitative estimate of drug-likeness (QED) is 0.573. The van der Waals surface area contributed by atoms with Gasteiger partial charge < -0.3 is 10.6 Å². The minimum absolute atomic E-state index is 0.218. The summed E-state index contributed by atoms with van der Waals surface area (Å²) in [5.41, 5.74) is 3.48. The SMILES string of the molecule is Cc1ccc(CNc2ncc(Br)c(NCCc3ccc(F)cc3)n2)cc1. The van der Waals surface area contributed by atoms with Crippen LogP contribution in [0.5, 0.6) is 0 Å². The number of rotatable bonds is 7. The van der Waals surface area contributed by atoms with E-state index in [4.69, 9.17) is 0 Å². The molecule has 134 valence electrons. The maximum absolute atomic E-state index is 12.9. The fourth-order valence-electron chi connectivity index (χ4n) is 2.44. The van der Waals surface area contributed by atoms with E-state index in [-0.39, 0.29) is 5.82 Å². The summed E-state index contributed by atoms with van der Waals surface area (Å²) < 4.78 is 13.7. The number of aromatic nitrogens is 2. The number of halogens is 2. The molecule has 0 amide bonds. The lowest BCUT2D eigenvalue weighted by Gasteiger charge is -2.10. The van der Waals surface area contributed by atoms with Crippen molar-refractivity contribution in [2.45, 2.75) is 19.9 Å². The standard InChI is InChI=1S/C20H20BrFN4/c1-14-2-4-16(5-3-14)12-24-20-25-13-18(21)19(26-20)23-11-10-15-6-8-17(22)9-7-15/h2-9,13H,10-12H2,1H3,(H2,23,24,25,26). The fourth-order valence-corrected chi connectivity index (χ4v) is 2.77. The van der Waals surface area contributed by atoms with Crippen molar-refractivity contribution < 1.29 is 4.39 Å². The zero-order chi connectivity index (χ0) is 18.4. The van der Waals surface area contributed by atoms with Gasteiger partial charge in [-0.2, -0.15) is 4.98 Å². The Morgan fingerprint density at radius 3 is 2.38 bits per heavy atom. The summed E-state index contributed by atoms with van der Waals surface area (Å²) in [6.07, 6.45) is 2.51. The monoisotopic (exact) mass is 414 g/mol. The number of anilines is 2. The highest BCUT2D eigenvalue weighted by atomic mass is 79.9. The van der Waals surface area contributed by atoms with Crippen LogP contribution in [-0.2, 0) is 13.0 Å². The molecular weight excluding hydrogens is 395 g/mol. The van der Waals surface area contributed by atoms with Crippen LogP contribution in [0.3, 0.4) is 0 Å². The summed E-state index contributed by atoms with van der Waals surface area (Å²) in [6.45, 7) is 3.43. The van der Waals surface area contributed by atoms with Crippen LogP contribution in [0.4, 0.5) is 16.2 Å². The van der Waals surface area contributed by atoms with E-state index in [1.54, 1.807) is 18.3 Å². The molecule has 6 heteroatoms. The van der Waals surface area contributed by atoms with Gasteiger partial charge in [-0.25, -0.2) is 9.37 Å². The van der Waals surface area contributed by atoms with Crippen molar-refractivity contribution in [1.82, 2.24) is 9.97 Å². The largest absolute Gasteiger partial charge is 0.369 e. The topological polar surface area (TPSA) is 49.8 Å². The number of nitrogens with one attached hydrogen (secondary N) is 2. The first-order chi connectivity index (χ1) is 12.6. The molecule has 3 rings (SSSR count). The van der Waals surface area contributed by atoms with Gasteiger partial charge in [0.2, 0.25) is 5.95 Å². The lowest BCUT2D eigenvalue weighted by molar-refractivity contribution is 0.627. The van der Waals surface area contributed by atoms with Gasteiger partial charge in [-0.05, 0) is 52.5 Å². The Labute approximate surface area is 161 Å². The molecule has 2 aromatic carbocycles. The van der Waals surface area contributed by atoms with Gasteiger partial charge in [0.05, 0.1) is 4.47 Å². The summed E-state index contributed by atoms with van der Waals surface area (Å²) in [5.74, 6) is 1.08. The van der Waals surface area contributed by atoms with Crippen LogP contribution in [0.25, 0.3) is 0 Å². The highest BCUT2D eigenvalue weighted by Crippen LogP contribution is 2.20. The fraction of sp³-hybridized carbons (Fsp3) is 0.200. The first-order valence-electron chi connectivity index (χ1n) is 8.40. The molecule has 2 N–H and O–H groups in total. The van der Waals surface area contributed by atoms with Gasteiger partial charge in [-0.15, -0.1) is 0 Å². The highest BCUT2D eigenvalue weighted by molar-refractivity contribution is 9.10. The molecule has 0 fully saturated rings. The first-order valence-corrected chi connectivity index (χ1v) is 9.20. The predicted molar refractivity (Wildman–Crippen MR) is 107 cm³/mol. The van der Waals surface area contributed by atoms with Gasteiger partial charge in [0.1, 0.15) is 11.6 Å². The van der Waals surface area contributed by atoms with E-state index in [2.05, 4.69) is 67.7 Å².